The average molecular weight is 352 g/mol. The minimum Gasteiger partial charge on any atom is -0.481 e. The molecule has 5 nitrogen and oxygen atoms in total. The summed E-state index contributed by atoms with van der Waals surface area (Å²) in [5.74, 6) is -0.481. The van der Waals surface area contributed by atoms with Crippen molar-refractivity contribution in [2.24, 2.45) is 0 Å². The summed E-state index contributed by atoms with van der Waals surface area (Å²) in [4.78, 5) is 23.2. The van der Waals surface area contributed by atoms with Crippen molar-refractivity contribution in [2.75, 3.05) is 0 Å². The van der Waals surface area contributed by atoms with Gasteiger partial charge < -0.3 is 15.7 Å². The molecule has 26 heavy (non-hydrogen) atoms. The number of hydrogen-bond acceptors (Lipinski definition) is 2. The number of urea groups is 1. The molecule has 0 aliphatic heterocycles. The van der Waals surface area contributed by atoms with Gasteiger partial charge in [-0.05, 0) is 30.4 Å². The average Bonchev–Trinajstić information content (AvgIpc) is 3.40. The number of nitrogens with one attached hydrogen (secondary N) is 2. The lowest BCUT2D eigenvalue weighted by Gasteiger charge is -2.19. The predicted molar refractivity (Wildman–Crippen MR) is 100 cm³/mol. The van der Waals surface area contributed by atoms with Gasteiger partial charge in [0.25, 0.3) is 0 Å². The highest BCUT2D eigenvalue weighted by Crippen LogP contribution is 2.40. The van der Waals surface area contributed by atoms with E-state index in [4.69, 9.17) is 5.11 Å². The number of rotatable bonds is 8. The molecule has 3 rings (SSSR count). The second kappa shape index (κ2) is 8.52. The highest BCUT2D eigenvalue weighted by atomic mass is 16.4. The van der Waals surface area contributed by atoms with Crippen LogP contribution in [0, 0.1) is 0 Å². The molecule has 3 atom stereocenters. The molecule has 0 spiro atoms. The van der Waals surface area contributed by atoms with Crippen molar-refractivity contribution in [1.82, 2.24) is 10.6 Å². The van der Waals surface area contributed by atoms with E-state index in [0.717, 1.165) is 12.0 Å². The van der Waals surface area contributed by atoms with Gasteiger partial charge in [0.1, 0.15) is 0 Å². The molecule has 1 aliphatic carbocycles. The topological polar surface area (TPSA) is 78.4 Å². The molecule has 0 heterocycles. The summed E-state index contributed by atoms with van der Waals surface area (Å²) in [6.07, 6.45) is 2.00. The molecule has 0 bridgehead atoms. The molecule has 136 valence electrons. The van der Waals surface area contributed by atoms with Crippen LogP contribution in [0.1, 0.15) is 36.3 Å². The maximum atomic E-state index is 12.3. The molecule has 1 fully saturated rings. The first-order valence-electron chi connectivity index (χ1n) is 8.99. The van der Waals surface area contributed by atoms with E-state index in [-0.39, 0.29) is 24.5 Å². The Balaban J connectivity index is 1.52. The summed E-state index contributed by atoms with van der Waals surface area (Å²) in [6, 6.07) is 19.7. The fraction of sp³-hybridized carbons (Fsp3) is 0.333. The summed E-state index contributed by atoms with van der Waals surface area (Å²) in [5.41, 5.74) is 2.32. The fourth-order valence-corrected chi connectivity index (χ4v) is 3.24. The number of carboxylic acid groups (broad SMARTS) is 1. The Labute approximate surface area is 153 Å². The van der Waals surface area contributed by atoms with Crippen molar-refractivity contribution in [1.29, 1.82) is 0 Å². The van der Waals surface area contributed by atoms with Gasteiger partial charge in [-0.2, -0.15) is 0 Å². The first-order valence-corrected chi connectivity index (χ1v) is 8.99. The van der Waals surface area contributed by atoms with E-state index < -0.39 is 5.97 Å². The van der Waals surface area contributed by atoms with Crippen LogP contribution in [0.15, 0.2) is 60.7 Å². The summed E-state index contributed by atoms with van der Waals surface area (Å²) >= 11 is 0. The van der Waals surface area contributed by atoms with E-state index in [1.165, 1.54) is 5.56 Å². The molecule has 2 aromatic carbocycles. The smallest absolute Gasteiger partial charge is 0.315 e. The lowest BCUT2D eigenvalue weighted by molar-refractivity contribution is -0.137. The number of amides is 2. The third-order valence-electron chi connectivity index (χ3n) is 4.70. The highest BCUT2D eigenvalue weighted by Gasteiger charge is 2.39. The Bertz CT molecular complexity index is 733. The summed E-state index contributed by atoms with van der Waals surface area (Å²) in [5, 5.41) is 14.9. The molecule has 2 aromatic rings. The van der Waals surface area contributed by atoms with Gasteiger partial charge >= 0.3 is 12.0 Å². The summed E-state index contributed by atoms with van der Waals surface area (Å²) in [7, 11) is 0. The van der Waals surface area contributed by atoms with Crippen LogP contribution >= 0.6 is 0 Å². The van der Waals surface area contributed by atoms with Crippen LogP contribution in [-0.4, -0.2) is 29.2 Å². The molecule has 1 aliphatic rings. The van der Waals surface area contributed by atoms with Gasteiger partial charge in [0.05, 0.1) is 0 Å². The first kappa shape index (κ1) is 18.0. The molecular weight excluding hydrogens is 328 g/mol. The third kappa shape index (κ3) is 5.34. The summed E-state index contributed by atoms with van der Waals surface area (Å²) < 4.78 is 0. The minimum absolute atomic E-state index is 0.0356. The number of carbonyl (C=O) groups is 2. The number of carboxylic acids is 1. The van der Waals surface area contributed by atoms with E-state index in [2.05, 4.69) is 22.8 Å². The molecule has 0 saturated heterocycles. The number of benzene rings is 2. The van der Waals surface area contributed by atoms with E-state index >= 15 is 0 Å². The highest BCUT2D eigenvalue weighted by molar-refractivity contribution is 5.75. The zero-order valence-electron chi connectivity index (χ0n) is 14.6. The van der Waals surface area contributed by atoms with Crippen molar-refractivity contribution >= 4 is 12.0 Å². The third-order valence-corrected chi connectivity index (χ3v) is 4.70. The Hall–Kier alpha value is -2.82. The molecular formula is C21H24N2O3. The standard InChI is InChI=1S/C21H24N2O3/c24-20(25)12-11-17(13-15-7-3-1-4-8-15)22-21(26)23-19-14-18(19)16-9-5-2-6-10-16/h1-10,17-19H,11-14H2,(H,24,25)(H2,22,23,26)/t17?,18-,19+/m0/s1. The molecule has 2 amide bonds. The first-order chi connectivity index (χ1) is 12.6. The summed E-state index contributed by atoms with van der Waals surface area (Å²) in [6.45, 7) is 0. The van der Waals surface area contributed by atoms with E-state index in [1.807, 2.05) is 48.5 Å². The van der Waals surface area contributed by atoms with Gasteiger partial charge in [0, 0.05) is 24.4 Å². The van der Waals surface area contributed by atoms with Crippen LogP contribution in [0.3, 0.4) is 0 Å². The van der Waals surface area contributed by atoms with Gasteiger partial charge in [-0.15, -0.1) is 0 Å². The number of hydrogen-bond donors (Lipinski definition) is 3. The molecule has 3 N–H and O–H groups in total. The van der Waals surface area contributed by atoms with Gasteiger partial charge in [-0.25, -0.2) is 4.79 Å². The molecule has 0 radical (unpaired) electrons. The van der Waals surface area contributed by atoms with Gasteiger partial charge in [-0.1, -0.05) is 60.7 Å². The Morgan fingerprint density at radius 1 is 1.04 bits per heavy atom. The van der Waals surface area contributed by atoms with E-state index in [0.29, 0.717) is 18.8 Å². The Kier molecular flexibility index (Phi) is 5.89. The minimum atomic E-state index is -0.850. The SMILES string of the molecule is O=C(O)CCC(Cc1ccccc1)NC(=O)N[C@@H]1C[C@H]1c1ccccc1. The van der Waals surface area contributed by atoms with Crippen molar-refractivity contribution in [3.63, 3.8) is 0 Å². The van der Waals surface area contributed by atoms with Crippen LogP contribution in [-0.2, 0) is 11.2 Å². The Morgan fingerprint density at radius 2 is 1.69 bits per heavy atom. The monoisotopic (exact) mass is 352 g/mol. The maximum Gasteiger partial charge on any atom is 0.315 e. The van der Waals surface area contributed by atoms with Crippen LogP contribution in [0.25, 0.3) is 0 Å². The van der Waals surface area contributed by atoms with E-state index in [9.17, 15) is 9.59 Å². The van der Waals surface area contributed by atoms with Crippen molar-refractivity contribution in [3.05, 3.63) is 71.8 Å². The second-order valence-electron chi connectivity index (χ2n) is 6.80. The van der Waals surface area contributed by atoms with E-state index in [1.54, 1.807) is 0 Å². The Morgan fingerprint density at radius 3 is 2.35 bits per heavy atom. The molecule has 5 heteroatoms. The van der Waals surface area contributed by atoms with Gasteiger partial charge in [-0.3, -0.25) is 4.79 Å². The zero-order valence-corrected chi connectivity index (χ0v) is 14.6. The lowest BCUT2D eigenvalue weighted by atomic mass is 10.0. The van der Waals surface area contributed by atoms with Crippen molar-refractivity contribution in [2.45, 2.75) is 43.7 Å². The largest absolute Gasteiger partial charge is 0.481 e. The van der Waals surface area contributed by atoms with Gasteiger partial charge in [0.15, 0.2) is 0 Å². The number of aliphatic carboxylic acids is 1. The van der Waals surface area contributed by atoms with Crippen LogP contribution in [0.5, 0.6) is 0 Å². The normalized spacial score (nSPS) is 19.4. The second-order valence-corrected chi connectivity index (χ2v) is 6.80. The quantitative estimate of drug-likeness (QED) is 0.682. The predicted octanol–water partition coefficient (Wildman–Crippen LogP) is 3.32. The molecule has 0 aromatic heterocycles. The number of carbonyl (C=O) groups excluding carboxylic acids is 1. The van der Waals surface area contributed by atoms with Crippen LogP contribution < -0.4 is 10.6 Å². The van der Waals surface area contributed by atoms with Crippen LogP contribution in [0.4, 0.5) is 4.79 Å². The fourth-order valence-electron chi connectivity index (χ4n) is 3.24. The zero-order chi connectivity index (χ0) is 18.4. The molecule has 1 saturated carbocycles. The van der Waals surface area contributed by atoms with Crippen molar-refractivity contribution in [3.8, 4) is 0 Å². The molecule has 1 unspecified atom stereocenters. The maximum absolute atomic E-state index is 12.3. The lowest BCUT2D eigenvalue weighted by Crippen LogP contribution is -2.44. The van der Waals surface area contributed by atoms with Crippen molar-refractivity contribution < 1.29 is 14.7 Å². The van der Waals surface area contributed by atoms with Crippen LogP contribution in [0.2, 0.25) is 0 Å². The van der Waals surface area contributed by atoms with Gasteiger partial charge in [0.2, 0.25) is 0 Å².